The average molecular weight is 231 g/mol. The topological polar surface area (TPSA) is 70.8 Å². The van der Waals surface area contributed by atoms with Gasteiger partial charge in [-0.3, -0.25) is 4.79 Å². The third kappa shape index (κ3) is 4.92. The van der Waals surface area contributed by atoms with Crippen LogP contribution in [0, 0.1) is 0 Å². The highest BCUT2D eigenvalue weighted by Gasteiger charge is 2.17. The lowest BCUT2D eigenvalue weighted by atomic mass is 10.1. The lowest BCUT2D eigenvalue weighted by Gasteiger charge is -2.22. The van der Waals surface area contributed by atoms with E-state index in [0.29, 0.717) is 13.2 Å². The van der Waals surface area contributed by atoms with E-state index in [2.05, 4.69) is 0 Å². The van der Waals surface area contributed by atoms with E-state index >= 15 is 0 Å². The molecule has 2 unspecified atom stereocenters. The second-order valence-electron chi connectivity index (χ2n) is 3.88. The summed E-state index contributed by atoms with van der Waals surface area (Å²) in [6, 6.07) is -0.691. The van der Waals surface area contributed by atoms with Crippen molar-refractivity contribution in [1.29, 1.82) is 0 Å². The molecule has 0 saturated carbocycles. The van der Waals surface area contributed by atoms with Gasteiger partial charge in [0.1, 0.15) is 6.04 Å². The molecule has 0 spiro atoms. The number of ether oxygens (including phenoxy) is 3. The fourth-order valence-corrected chi connectivity index (χ4v) is 1.58. The molecule has 0 radical (unpaired) electrons. The number of nitrogens with two attached hydrogens (primary N) is 1. The van der Waals surface area contributed by atoms with Crippen molar-refractivity contribution in [2.24, 2.45) is 5.73 Å². The van der Waals surface area contributed by atoms with E-state index in [9.17, 15) is 4.79 Å². The lowest BCUT2D eigenvalue weighted by molar-refractivity contribution is -0.146. The maximum Gasteiger partial charge on any atom is 0.325 e. The highest BCUT2D eigenvalue weighted by atomic mass is 16.5. The van der Waals surface area contributed by atoms with Gasteiger partial charge in [-0.25, -0.2) is 0 Å². The molecule has 5 nitrogen and oxygen atoms in total. The summed E-state index contributed by atoms with van der Waals surface area (Å²) in [6.45, 7) is 3.60. The van der Waals surface area contributed by atoms with Gasteiger partial charge in [0.25, 0.3) is 0 Å². The van der Waals surface area contributed by atoms with Gasteiger partial charge in [-0.1, -0.05) is 0 Å². The minimum atomic E-state index is -0.691. The molecule has 1 aliphatic heterocycles. The van der Waals surface area contributed by atoms with Crippen LogP contribution in [0.2, 0.25) is 0 Å². The van der Waals surface area contributed by atoms with Gasteiger partial charge < -0.3 is 19.9 Å². The van der Waals surface area contributed by atoms with E-state index in [1.165, 1.54) is 6.42 Å². The van der Waals surface area contributed by atoms with Crippen molar-refractivity contribution >= 4 is 5.97 Å². The molecule has 0 aromatic carbocycles. The highest BCUT2D eigenvalue weighted by molar-refractivity contribution is 5.75. The highest BCUT2D eigenvalue weighted by Crippen LogP contribution is 2.12. The van der Waals surface area contributed by atoms with E-state index in [1.807, 2.05) is 0 Å². The van der Waals surface area contributed by atoms with E-state index in [-0.39, 0.29) is 12.7 Å². The van der Waals surface area contributed by atoms with Gasteiger partial charge in [0.2, 0.25) is 0 Å². The summed E-state index contributed by atoms with van der Waals surface area (Å²) in [7, 11) is 0. The summed E-state index contributed by atoms with van der Waals surface area (Å²) in [4.78, 5) is 11.2. The van der Waals surface area contributed by atoms with Crippen molar-refractivity contribution < 1.29 is 19.0 Å². The zero-order valence-electron chi connectivity index (χ0n) is 9.81. The molecule has 1 heterocycles. The normalized spacial score (nSPS) is 22.8. The van der Waals surface area contributed by atoms with Crippen molar-refractivity contribution in [3.63, 3.8) is 0 Å². The Labute approximate surface area is 96.2 Å². The summed E-state index contributed by atoms with van der Waals surface area (Å²) in [5.41, 5.74) is 5.58. The largest absolute Gasteiger partial charge is 0.465 e. The van der Waals surface area contributed by atoms with Gasteiger partial charge in [-0.15, -0.1) is 0 Å². The minimum absolute atomic E-state index is 0.156. The van der Waals surface area contributed by atoms with Crippen LogP contribution in [-0.2, 0) is 19.0 Å². The third-order valence-electron chi connectivity index (χ3n) is 2.46. The van der Waals surface area contributed by atoms with E-state index in [0.717, 1.165) is 19.4 Å². The molecule has 5 heteroatoms. The number of carbonyl (C=O) groups excluding carboxylic acids is 1. The monoisotopic (exact) mass is 231 g/mol. The molecule has 0 bridgehead atoms. The quantitative estimate of drug-likeness (QED) is 0.672. The summed E-state index contributed by atoms with van der Waals surface area (Å²) in [6.07, 6.45) is 3.48. The van der Waals surface area contributed by atoms with E-state index in [1.54, 1.807) is 6.92 Å². The van der Waals surface area contributed by atoms with Crippen LogP contribution < -0.4 is 5.73 Å². The number of esters is 1. The van der Waals surface area contributed by atoms with Crippen LogP contribution in [0.4, 0.5) is 0 Å². The van der Waals surface area contributed by atoms with Gasteiger partial charge in [-0.2, -0.15) is 0 Å². The molecule has 16 heavy (non-hydrogen) atoms. The van der Waals surface area contributed by atoms with Crippen molar-refractivity contribution in [2.45, 2.75) is 38.3 Å². The maximum absolute atomic E-state index is 11.2. The Balaban J connectivity index is 2.07. The molecule has 94 valence electrons. The molecular formula is C11H21NO4. The summed E-state index contributed by atoms with van der Waals surface area (Å²) in [5.74, 6) is -0.410. The molecule has 0 aliphatic carbocycles. The van der Waals surface area contributed by atoms with Crippen LogP contribution >= 0.6 is 0 Å². The van der Waals surface area contributed by atoms with Crippen LogP contribution in [0.15, 0.2) is 0 Å². The standard InChI is InChI=1S/C11H21NO4/c1-2-15-11(13)10(12)8-14-7-9-5-3-4-6-16-9/h9-10H,2-8,12H2,1H3. The third-order valence-corrected chi connectivity index (χ3v) is 2.46. The Morgan fingerprint density at radius 3 is 3.00 bits per heavy atom. The van der Waals surface area contributed by atoms with Crippen molar-refractivity contribution in [3.05, 3.63) is 0 Å². The smallest absolute Gasteiger partial charge is 0.325 e. The Morgan fingerprint density at radius 1 is 1.56 bits per heavy atom. The van der Waals surface area contributed by atoms with Crippen molar-refractivity contribution in [1.82, 2.24) is 0 Å². The van der Waals surface area contributed by atoms with Gasteiger partial charge in [0, 0.05) is 6.61 Å². The van der Waals surface area contributed by atoms with Gasteiger partial charge in [-0.05, 0) is 26.2 Å². The predicted molar refractivity (Wildman–Crippen MR) is 59.0 cm³/mol. The molecule has 2 atom stereocenters. The molecule has 1 saturated heterocycles. The first kappa shape index (κ1) is 13.4. The molecule has 0 aromatic heterocycles. The molecule has 1 aliphatic rings. The predicted octanol–water partition coefficient (Wildman–Crippen LogP) is 0.463. The Bertz CT molecular complexity index is 204. The van der Waals surface area contributed by atoms with Crippen LogP contribution in [0.3, 0.4) is 0 Å². The molecular weight excluding hydrogens is 210 g/mol. The summed E-state index contributed by atoms with van der Waals surface area (Å²) < 4.78 is 15.6. The Hall–Kier alpha value is -0.650. The number of hydrogen-bond donors (Lipinski definition) is 1. The fraction of sp³-hybridized carbons (Fsp3) is 0.909. The second kappa shape index (κ2) is 7.60. The fourth-order valence-electron chi connectivity index (χ4n) is 1.58. The van der Waals surface area contributed by atoms with Gasteiger partial charge >= 0.3 is 5.97 Å². The first-order valence-corrected chi connectivity index (χ1v) is 5.85. The SMILES string of the molecule is CCOC(=O)C(N)COCC1CCCCO1. The summed E-state index contributed by atoms with van der Waals surface area (Å²) in [5, 5.41) is 0. The van der Waals surface area contributed by atoms with Crippen LogP contribution in [0.1, 0.15) is 26.2 Å². The second-order valence-corrected chi connectivity index (χ2v) is 3.88. The molecule has 1 rings (SSSR count). The van der Waals surface area contributed by atoms with Crippen LogP contribution in [0.25, 0.3) is 0 Å². The molecule has 0 amide bonds. The number of hydrogen-bond acceptors (Lipinski definition) is 5. The van der Waals surface area contributed by atoms with Crippen molar-refractivity contribution in [2.75, 3.05) is 26.4 Å². The van der Waals surface area contributed by atoms with Crippen LogP contribution in [-0.4, -0.2) is 44.5 Å². The number of carbonyl (C=O) groups is 1. The van der Waals surface area contributed by atoms with Gasteiger partial charge in [0.05, 0.1) is 25.9 Å². The van der Waals surface area contributed by atoms with Crippen molar-refractivity contribution in [3.8, 4) is 0 Å². The molecule has 1 fully saturated rings. The van der Waals surface area contributed by atoms with Crippen LogP contribution in [0.5, 0.6) is 0 Å². The average Bonchev–Trinajstić information content (AvgIpc) is 2.30. The molecule has 0 aromatic rings. The number of rotatable bonds is 6. The first-order chi connectivity index (χ1) is 7.74. The Morgan fingerprint density at radius 2 is 2.38 bits per heavy atom. The first-order valence-electron chi connectivity index (χ1n) is 5.85. The summed E-state index contributed by atoms with van der Waals surface area (Å²) >= 11 is 0. The van der Waals surface area contributed by atoms with Gasteiger partial charge in [0.15, 0.2) is 0 Å². The molecule has 2 N–H and O–H groups in total. The van der Waals surface area contributed by atoms with E-state index in [4.69, 9.17) is 19.9 Å². The zero-order valence-corrected chi connectivity index (χ0v) is 9.81. The maximum atomic E-state index is 11.2. The minimum Gasteiger partial charge on any atom is -0.465 e. The lowest BCUT2D eigenvalue weighted by Crippen LogP contribution is -2.38. The van der Waals surface area contributed by atoms with E-state index < -0.39 is 12.0 Å². The Kier molecular flexibility index (Phi) is 6.37. The zero-order chi connectivity index (χ0) is 11.8.